The average molecular weight is 701 g/mol. The average Bonchev–Trinajstić information content (AvgIpc) is 3.67. The fourth-order valence-electron chi connectivity index (χ4n) is 7.49. The first kappa shape index (κ1) is 36.0. The molecular weight excluding hydrogens is 654 g/mol. The van der Waals surface area contributed by atoms with Crippen LogP contribution in [0.15, 0.2) is 36.9 Å². The van der Waals surface area contributed by atoms with Gasteiger partial charge in [0.1, 0.15) is 30.2 Å². The third-order valence-corrected chi connectivity index (χ3v) is 10.5. The summed E-state index contributed by atoms with van der Waals surface area (Å²) < 4.78 is 41.5. The molecule has 3 aromatic rings. The van der Waals surface area contributed by atoms with Crippen LogP contribution in [-0.4, -0.2) is 96.3 Å². The van der Waals surface area contributed by atoms with E-state index in [1.165, 1.54) is 12.1 Å². The minimum absolute atomic E-state index is 0.0113. The van der Waals surface area contributed by atoms with Crippen LogP contribution in [-0.2, 0) is 22.6 Å². The van der Waals surface area contributed by atoms with E-state index in [9.17, 15) is 14.0 Å². The highest BCUT2D eigenvalue weighted by atomic mass is 19.1. The number of amides is 1. The predicted molar refractivity (Wildman–Crippen MR) is 193 cm³/mol. The van der Waals surface area contributed by atoms with E-state index in [4.69, 9.17) is 25.9 Å². The molecule has 6 rings (SSSR count). The molecule has 3 atom stereocenters. The summed E-state index contributed by atoms with van der Waals surface area (Å²) in [5.41, 5.74) is 1.85. The van der Waals surface area contributed by atoms with Gasteiger partial charge in [0, 0.05) is 62.7 Å². The van der Waals surface area contributed by atoms with Gasteiger partial charge in [0.2, 0.25) is 5.91 Å². The Morgan fingerprint density at radius 1 is 1.25 bits per heavy atom. The van der Waals surface area contributed by atoms with Gasteiger partial charge < -0.3 is 24.2 Å². The molecule has 1 amide bonds. The maximum atomic E-state index is 15.1. The van der Waals surface area contributed by atoms with Crippen molar-refractivity contribution in [3.8, 4) is 24.1 Å². The molecule has 51 heavy (non-hydrogen) atoms. The van der Waals surface area contributed by atoms with Gasteiger partial charge >= 0.3 is 12.0 Å². The van der Waals surface area contributed by atoms with Gasteiger partial charge in [-0.15, -0.1) is 6.42 Å². The maximum Gasteiger partial charge on any atom is 0.318 e. The van der Waals surface area contributed by atoms with Crippen LogP contribution in [0.5, 0.6) is 11.8 Å². The number of carbonyl (C=O) groups excluding carboxylic acids is 2. The second-order valence-corrected chi connectivity index (χ2v) is 14.5. The minimum Gasteiger partial charge on any atom is -0.461 e. The Labute approximate surface area is 298 Å². The molecule has 0 bridgehead atoms. The summed E-state index contributed by atoms with van der Waals surface area (Å²) in [7, 11) is 3.84. The zero-order valence-electron chi connectivity index (χ0n) is 30.0. The first-order valence-corrected chi connectivity index (χ1v) is 17.5. The summed E-state index contributed by atoms with van der Waals surface area (Å²) >= 11 is 0. The van der Waals surface area contributed by atoms with Crippen molar-refractivity contribution < 1.29 is 27.8 Å². The van der Waals surface area contributed by atoms with Crippen molar-refractivity contribution >= 4 is 34.2 Å². The summed E-state index contributed by atoms with van der Waals surface area (Å²) in [6.45, 7) is 11.7. The molecule has 3 aliphatic rings. The van der Waals surface area contributed by atoms with Crippen molar-refractivity contribution in [2.24, 2.45) is 5.92 Å². The van der Waals surface area contributed by atoms with E-state index >= 15 is 4.39 Å². The number of likely N-dealkylation sites (N-methyl/N-ethyl adjacent to an activating group) is 2. The van der Waals surface area contributed by atoms with E-state index in [-0.39, 0.29) is 42.0 Å². The van der Waals surface area contributed by atoms with E-state index in [1.54, 1.807) is 32.0 Å². The molecule has 0 spiro atoms. The largest absolute Gasteiger partial charge is 0.461 e. The molecule has 2 fully saturated rings. The number of aromatic nitrogens is 2. The maximum absolute atomic E-state index is 15.1. The van der Waals surface area contributed by atoms with Gasteiger partial charge in [0.15, 0.2) is 0 Å². The number of fused-ring (bicyclic) bond motifs is 2. The lowest BCUT2D eigenvalue weighted by molar-refractivity contribution is -0.137. The summed E-state index contributed by atoms with van der Waals surface area (Å²) in [4.78, 5) is 43.0. The topological polar surface area (TPSA) is 91.3 Å². The van der Waals surface area contributed by atoms with E-state index < -0.39 is 17.5 Å². The van der Waals surface area contributed by atoms with Crippen LogP contribution >= 0.6 is 0 Å². The van der Waals surface area contributed by atoms with Gasteiger partial charge in [-0.05, 0) is 56.8 Å². The third-order valence-electron chi connectivity index (χ3n) is 10.5. The second-order valence-electron chi connectivity index (χ2n) is 14.5. The highest BCUT2D eigenvalue weighted by Crippen LogP contribution is 2.39. The van der Waals surface area contributed by atoms with Gasteiger partial charge in [0.25, 0.3) is 0 Å². The Kier molecular flexibility index (Phi) is 10.2. The van der Waals surface area contributed by atoms with Crippen LogP contribution in [0.2, 0.25) is 0 Å². The number of anilines is 2. The van der Waals surface area contributed by atoms with Crippen LogP contribution in [0.4, 0.5) is 20.3 Å². The highest BCUT2D eigenvalue weighted by Gasteiger charge is 2.41. The van der Waals surface area contributed by atoms with Crippen molar-refractivity contribution in [1.82, 2.24) is 19.8 Å². The Hall–Kier alpha value is -4.76. The zero-order chi connectivity index (χ0) is 36.6. The molecule has 12 heteroatoms. The van der Waals surface area contributed by atoms with Crippen molar-refractivity contribution in [3.05, 3.63) is 59.6 Å². The molecule has 0 aliphatic carbocycles. The van der Waals surface area contributed by atoms with Crippen molar-refractivity contribution in [2.75, 3.05) is 56.7 Å². The molecule has 1 aromatic heterocycles. The van der Waals surface area contributed by atoms with E-state index in [1.807, 2.05) is 30.8 Å². The molecule has 2 saturated heterocycles. The number of terminal acetylenes is 1. The van der Waals surface area contributed by atoms with Crippen molar-refractivity contribution in [2.45, 2.75) is 70.8 Å². The Balaban J connectivity index is 1.39. The zero-order valence-corrected chi connectivity index (χ0v) is 30.0. The van der Waals surface area contributed by atoms with Crippen LogP contribution in [0.3, 0.4) is 0 Å². The summed E-state index contributed by atoms with van der Waals surface area (Å²) in [5.74, 6) is 2.21. The van der Waals surface area contributed by atoms with Gasteiger partial charge in [-0.25, -0.2) is 8.78 Å². The van der Waals surface area contributed by atoms with Gasteiger partial charge in [-0.1, -0.05) is 32.4 Å². The smallest absolute Gasteiger partial charge is 0.318 e. The van der Waals surface area contributed by atoms with Crippen molar-refractivity contribution in [3.63, 3.8) is 0 Å². The van der Waals surface area contributed by atoms with Gasteiger partial charge in [-0.2, -0.15) is 9.97 Å². The molecule has 0 N–H and O–H groups in total. The fourth-order valence-corrected chi connectivity index (χ4v) is 7.49. The van der Waals surface area contributed by atoms with Crippen LogP contribution in [0.25, 0.3) is 10.8 Å². The Bertz CT molecular complexity index is 1900. The number of ether oxygens (including phenoxy) is 2. The number of rotatable bonds is 10. The van der Waals surface area contributed by atoms with Crippen molar-refractivity contribution in [1.29, 1.82) is 0 Å². The Morgan fingerprint density at radius 3 is 2.73 bits per heavy atom. The monoisotopic (exact) mass is 700 g/mol. The molecule has 270 valence electrons. The number of carbonyl (C=O) groups is 2. The van der Waals surface area contributed by atoms with Crippen LogP contribution in [0.1, 0.15) is 56.9 Å². The summed E-state index contributed by atoms with van der Waals surface area (Å²) in [6.07, 6.45) is 8.90. The second kappa shape index (κ2) is 14.5. The lowest BCUT2D eigenvalue weighted by Crippen LogP contribution is -2.44. The Morgan fingerprint density at radius 2 is 2.04 bits per heavy atom. The number of alkyl halides is 1. The van der Waals surface area contributed by atoms with E-state index in [2.05, 4.69) is 22.3 Å². The number of benzene rings is 2. The molecule has 3 aliphatic heterocycles. The van der Waals surface area contributed by atoms with Crippen LogP contribution in [0, 0.1) is 24.1 Å². The predicted octanol–water partition coefficient (Wildman–Crippen LogP) is 5.30. The number of halogens is 2. The highest BCUT2D eigenvalue weighted by molar-refractivity contribution is 6.00. The normalized spacial score (nSPS) is 21.9. The van der Waals surface area contributed by atoms with Crippen LogP contribution < -0.4 is 19.3 Å². The number of hydrogen-bond donors (Lipinski definition) is 0. The number of hydrogen-bond acceptors (Lipinski definition) is 9. The number of nitrogens with zero attached hydrogens (tertiary/aromatic N) is 6. The third kappa shape index (κ3) is 7.22. The number of likely N-dealkylation sites (tertiary alicyclic amines) is 2. The fraction of sp³-hybridized carbons (Fsp3) is 0.487. The minimum atomic E-state index is -0.945. The van der Waals surface area contributed by atoms with Gasteiger partial charge in [-0.3, -0.25) is 14.5 Å². The lowest BCUT2D eigenvalue weighted by atomic mass is 9.98. The number of esters is 1. The molecule has 0 unspecified atom stereocenters. The lowest BCUT2D eigenvalue weighted by Gasteiger charge is -2.35. The molecule has 10 nitrogen and oxygen atoms in total. The molecule has 2 aromatic carbocycles. The quantitative estimate of drug-likeness (QED) is 0.121. The van der Waals surface area contributed by atoms with E-state index in [0.717, 1.165) is 18.4 Å². The summed E-state index contributed by atoms with van der Waals surface area (Å²) in [5, 5.41) is 1.18. The molecule has 0 radical (unpaired) electrons. The molecule has 0 saturated carbocycles. The first-order chi connectivity index (χ1) is 24.3. The molecule has 4 heterocycles. The SMILES string of the molecule is C#Cc1c(F)ccc2cc(OC(=O)C(C)C)cc(N3CCc4c(nc(OC[C@]5(C)C[C@@H](F)CN5C)nc4N(C)C[C@@H]4CCCN4C(=O)C=C)C3)c12. The molecular formula is C39H46F2N6O4. The van der Waals surface area contributed by atoms with Gasteiger partial charge in [0.05, 0.1) is 34.9 Å². The van der Waals surface area contributed by atoms with E-state index in [0.29, 0.717) is 79.3 Å². The summed E-state index contributed by atoms with van der Waals surface area (Å²) in [6, 6.07) is 6.54. The standard InChI is InChI=1S/C39H46F2N6O4/c1-8-29-31(41)13-12-25-17-28(51-37(49)24(3)4)18-33(35(25)29)46-16-14-30-32(22-46)42-38(50-23-39(5)19-26(40)20-45(39)7)43-36(30)44(6)21-27-11-10-15-47(27)34(48)9-2/h1,9,12-13,17-18,24,26-27H,2,10-11,14-16,19-23H2,3-7H3/t26-,27+,39+/m1/s1. The first-order valence-electron chi connectivity index (χ1n) is 17.5.